The zero-order valence-corrected chi connectivity index (χ0v) is 7.39. The smallest absolute Gasteiger partial charge is 0.0489 e. The molecule has 0 saturated carbocycles. The maximum atomic E-state index is 5.36. The molecule has 0 aliphatic rings. The second-order valence-corrected chi connectivity index (χ2v) is 3.33. The van der Waals surface area contributed by atoms with Crippen molar-refractivity contribution in [1.29, 1.82) is 0 Å². The van der Waals surface area contributed by atoms with Gasteiger partial charge >= 0.3 is 0 Å². The first-order valence-electron chi connectivity index (χ1n) is 3.70. The van der Waals surface area contributed by atoms with E-state index in [0.29, 0.717) is 11.8 Å². The average molecular weight is 150 g/mol. The Kier molecular flexibility index (Phi) is 8.79. The van der Waals surface area contributed by atoms with E-state index in [0.717, 1.165) is 13.2 Å². The topological polar surface area (TPSA) is 9.23 Å². The lowest BCUT2D eigenvalue weighted by atomic mass is 10.2. The van der Waals surface area contributed by atoms with Crippen molar-refractivity contribution >= 4 is 0 Å². The second-order valence-electron chi connectivity index (χ2n) is 3.33. The third-order valence-corrected chi connectivity index (χ3v) is 0.902. The molecule has 1 nitrogen and oxygen atoms in total. The molecule has 0 heterocycles. The fraction of sp³-hybridized carbons (Fsp3) is 1.00. The zero-order valence-electron chi connectivity index (χ0n) is 7.39. The molecule has 0 aliphatic heterocycles. The molecule has 0 aliphatic carbocycles. The minimum Gasteiger partial charge on any atom is -0.381 e. The lowest BCUT2D eigenvalue weighted by Gasteiger charge is -2.07. The summed E-state index contributed by atoms with van der Waals surface area (Å²) in [5.41, 5.74) is 0. The molecule has 0 N–H and O–H groups in total. The molecule has 0 fully saturated rings. The van der Waals surface area contributed by atoms with Crippen molar-refractivity contribution in [3.63, 3.8) is 0 Å². The van der Waals surface area contributed by atoms with Crippen LogP contribution in [0.25, 0.3) is 0 Å². The third-order valence-electron chi connectivity index (χ3n) is 0.902. The molecule has 0 unspecified atom stereocenters. The summed E-state index contributed by atoms with van der Waals surface area (Å²) in [6.45, 7) is 10.5. The van der Waals surface area contributed by atoms with E-state index in [-0.39, 0.29) is 4.70 Å². The molecular weight excluding hydrogens is 131 g/mol. The number of ether oxygens (including phenoxy) is 1. The highest BCUT2D eigenvalue weighted by Gasteiger charge is 1.95. The van der Waals surface area contributed by atoms with Crippen molar-refractivity contribution in [3.05, 3.63) is 0 Å². The molecule has 0 aromatic heterocycles. The Hall–Kier alpha value is -0.110. The summed E-state index contributed by atoms with van der Waals surface area (Å²) in [5, 5.41) is 0. The van der Waals surface area contributed by atoms with E-state index in [1.807, 2.05) is 0 Å². The van der Waals surface area contributed by atoms with Gasteiger partial charge in [0.25, 0.3) is 0 Å². The van der Waals surface area contributed by atoms with Gasteiger partial charge in [-0.2, -0.15) is 0 Å². The van der Waals surface area contributed by atoms with Crippen LogP contribution in [0.2, 0.25) is 0 Å². The lowest BCUT2D eigenvalue weighted by Crippen LogP contribution is -2.06. The van der Waals surface area contributed by atoms with E-state index in [1.54, 1.807) is 0 Å². The third kappa shape index (κ3) is 10.8. The van der Waals surface area contributed by atoms with Crippen LogP contribution < -0.4 is 0 Å². The van der Waals surface area contributed by atoms with E-state index in [9.17, 15) is 0 Å². The summed E-state index contributed by atoms with van der Waals surface area (Å²) in [4.78, 5) is 0. The SMILES string of the molecule is CC(C)COCC(C)C.F. The lowest BCUT2D eigenvalue weighted by molar-refractivity contribution is 0.0886. The minimum atomic E-state index is 0. The molecule has 0 bridgehead atoms. The molecule has 64 valence electrons. The van der Waals surface area contributed by atoms with Gasteiger partial charge in [0, 0.05) is 13.2 Å². The Morgan fingerprint density at radius 3 is 1.40 bits per heavy atom. The summed E-state index contributed by atoms with van der Waals surface area (Å²) >= 11 is 0. The van der Waals surface area contributed by atoms with Crippen LogP contribution >= 0.6 is 0 Å². The van der Waals surface area contributed by atoms with Crippen LogP contribution in [0.4, 0.5) is 4.70 Å². The fourth-order valence-electron chi connectivity index (χ4n) is 0.539. The van der Waals surface area contributed by atoms with Crippen molar-refractivity contribution in [1.82, 2.24) is 0 Å². The van der Waals surface area contributed by atoms with E-state index < -0.39 is 0 Å². The Balaban J connectivity index is 0. The first-order valence-corrected chi connectivity index (χ1v) is 3.70. The molecule has 0 radical (unpaired) electrons. The summed E-state index contributed by atoms with van der Waals surface area (Å²) in [6.07, 6.45) is 0. The first-order chi connectivity index (χ1) is 4.13. The molecular formula is C8H19FO. The van der Waals surface area contributed by atoms with Gasteiger partial charge in [0.2, 0.25) is 0 Å². The van der Waals surface area contributed by atoms with Gasteiger partial charge < -0.3 is 4.74 Å². The quantitative estimate of drug-likeness (QED) is 0.598. The fourth-order valence-corrected chi connectivity index (χ4v) is 0.539. The molecule has 0 rings (SSSR count). The van der Waals surface area contributed by atoms with Gasteiger partial charge in [0.05, 0.1) is 0 Å². The van der Waals surface area contributed by atoms with Gasteiger partial charge in [-0.05, 0) is 11.8 Å². The van der Waals surface area contributed by atoms with Crippen molar-refractivity contribution < 1.29 is 9.44 Å². The van der Waals surface area contributed by atoms with E-state index >= 15 is 0 Å². The Morgan fingerprint density at radius 2 is 1.20 bits per heavy atom. The molecule has 0 saturated heterocycles. The molecule has 0 aromatic carbocycles. The monoisotopic (exact) mass is 150 g/mol. The first kappa shape index (κ1) is 12.6. The highest BCUT2D eigenvalue weighted by Crippen LogP contribution is 1.96. The number of halogens is 1. The van der Waals surface area contributed by atoms with Crippen LogP contribution in [0, 0.1) is 11.8 Å². The van der Waals surface area contributed by atoms with Gasteiger partial charge in [-0.1, -0.05) is 27.7 Å². The van der Waals surface area contributed by atoms with Crippen molar-refractivity contribution in [3.8, 4) is 0 Å². The summed E-state index contributed by atoms with van der Waals surface area (Å²) in [7, 11) is 0. The number of hydrogen-bond donors (Lipinski definition) is 0. The molecule has 0 spiro atoms. The summed E-state index contributed by atoms with van der Waals surface area (Å²) in [5.74, 6) is 1.34. The van der Waals surface area contributed by atoms with Crippen molar-refractivity contribution in [2.24, 2.45) is 11.8 Å². The summed E-state index contributed by atoms with van der Waals surface area (Å²) in [6, 6.07) is 0. The minimum absolute atomic E-state index is 0. The van der Waals surface area contributed by atoms with Crippen LogP contribution in [0.15, 0.2) is 0 Å². The Bertz CT molecular complexity index is 54.3. The number of rotatable bonds is 4. The van der Waals surface area contributed by atoms with E-state index in [1.165, 1.54) is 0 Å². The van der Waals surface area contributed by atoms with Crippen LogP contribution in [0.5, 0.6) is 0 Å². The molecule has 2 heteroatoms. The average Bonchev–Trinajstić information content (AvgIpc) is 1.63. The zero-order chi connectivity index (χ0) is 7.28. The highest BCUT2D eigenvalue weighted by atomic mass is 19.0. The number of hydrogen-bond acceptors (Lipinski definition) is 1. The molecule has 0 aromatic rings. The second kappa shape index (κ2) is 7.00. The standard InChI is InChI=1S/C8H18O.FH/c1-7(2)5-9-6-8(3)4;/h7-8H,5-6H2,1-4H3;1H. The van der Waals surface area contributed by atoms with Gasteiger partial charge in [-0.3, -0.25) is 4.70 Å². The summed E-state index contributed by atoms with van der Waals surface area (Å²) < 4.78 is 5.36. The Labute approximate surface area is 63.1 Å². The predicted octanol–water partition coefficient (Wildman–Crippen LogP) is 2.47. The maximum absolute atomic E-state index is 5.36. The molecule has 10 heavy (non-hydrogen) atoms. The highest BCUT2D eigenvalue weighted by molar-refractivity contribution is 4.42. The van der Waals surface area contributed by atoms with E-state index in [2.05, 4.69) is 27.7 Å². The maximum Gasteiger partial charge on any atom is 0.0489 e. The van der Waals surface area contributed by atoms with Crippen LogP contribution in [0.1, 0.15) is 27.7 Å². The van der Waals surface area contributed by atoms with Gasteiger partial charge in [-0.25, -0.2) is 0 Å². The van der Waals surface area contributed by atoms with Crippen LogP contribution in [-0.2, 0) is 4.74 Å². The molecule has 0 atom stereocenters. The predicted molar refractivity (Wildman–Crippen MR) is 43.0 cm³/mol. The van der Waals surface area contributed by atoms with Crippen LogP contribution in [0.3, 0.4) is 0 Å². The van der Waals surface area contributed by atoms with E-state index in [4.69, 9.17) is 4.74 Å². The van der Waals surface area contributed by atoms with Crippen LogP contribution in [-0.4, -0.2) is 13.2 Å². The van der Waals surface area contributed by atoms with Crippen molar-refractivity contribution in [2.75, 3.05) is 13.2 Å². The van der Waals surface area contributed by atoms with Gasteiger partial charge in [0.15, 0.2) is 0 Å². The molecule has 0 amide bonds. The largest absolute Gasteiger partial charge is 0.381 e. The van der Waals surface area contributed by atoms with Crippen molar-refractivity contribution in [2.45, 2.75) is 27.7 Å². The normalized spacial score (nSPS) is 10.2. The van der Waals surface area contributed by atoms with Gasteiger partial charge in [-0.15, -0.1) is 0 Å². The Morgan fingerprint density at radius 1 is 0.900 bits per heavy atom. The van der Waals surface area contributed by atoms with Gasteiger partial charge in [0.1, 0.15) is 0 Å².